The van der Waals surface area contributed by atoms with Crippen molar-refractivity contribution in [1.29, 1.82) is 5.26 Å². The summed E-state index contributed by atoms with van der Waals surface area (Å²) in [6, 6.07) is 22.2. The largest absolute Gasteiger partial charge is 0.443 e. The van der Waals surface area contributed by atoms with E-state index < -0.39 is 17.3 Å². The van der Waals surface area contributed by atoms with Crippen LogP contribution in [-0.2, 0) is 28.2 Å². The Morgan fingerprint density at radius 3 is 2.62 bits per heavy atom. The molecule has 1 aliphatic heterocycles. The molecule has 40 heavy (non-hydrogen) atoms. The molecule has 7 heteroatoms. The maximum atomic E-state index is 13.8. The molecule has 6 nitrogen and oxygen atoms in total. The Bertz CT molecular complexity index is 1580. The highest BCUT2D eigenvalue weighted by Crippen LogP contribution is 2.45. The second-order valence-electron chi connectivity index (χ2n) is 11.5. The number of halogens is 1. The molecule has 0 N–H and O–H groups in total. The van der Waals surface area contributed by atoms with Crippen molar-refractivity contribution in [2.45, 2.75) is 58.0 Å². The lowest BCUT2D eigenvalue weighted by Gasteiger charge is -2.31. The highest BCUT2D eigenvalue weighted by atomic mass is 19.1. The van der Waals surface area contributed by atoms with Crippen LogP contribution in [0.15, 0.2) is 72.9 Å². The fourth-order valence-corrected chi connectivity index (χ4v) is 5.57. The number of para-hydroxylation sites is 1. The van der Waals surface area contributed by atoms with Gasteiger partial charge in [-0.05, 0) is 99.8 Å². The van der Waals surface area contributed by atoms with E-state index in [2.05, 4.69) is 18.0 Å². The summed E-state index contributed by atoms with van der Waals surface area (Å²) in [6.07, 6.45) is 2.99. The van der Waals surface area contributed by atoms with Crippen molar-refractivity contribution in [1.82, 2.24) is 9.47 Å². The molecular weight excluding hydrogens is 505 g/mol. The van der Waals surface area contributed by atoms with Crippen LogP contribution in [0, 0.1) is 17.1 Å². The van der Waals surface area contributed by atoms with Gasteiger partial charge in [0.2, 0.25) is 0 Å². The van der Waals surface area contributed by atoms with Gasteiger partial charge in [-0.2, -0.15) is 5.26 Å². The first-order chi connectivity index (χ1) is 19.1. The SMILES string of the molecule is CN(CCCC1(c2ccc(F)cc2)OCc2cc(C#N)ccc21)Cc1cn(C(=O)OC(C)(C)C)c2ccccc12. The Kier molecular flexibility index (Phi) is 7.50. The van der Waals surface area contributed by atoms with Gasteiger partial charge >= 0.3 is 6.09 Å². The molecule has 0 saturated carbocycles. The summed E-state index contributed by atoms with van der Waals surface area (Å²) in [5, 5.41) is 10.4. The molecule has 2 heterocycles. The van der Waals surface area contributed by atoms with Crippen molar-refractivity contribution >= 4 is 17.0 Å². The fraction of sp³-hybridized carbons (Fsp3) is 0.333. The number of carbonyl (C=O) groups excluding carboxylic acids is 1. The van der Waals surface area contributed by atoms with Gasteiger partial charge in [-0.3, -0.25) is 4.57 Å². The van der Waals surface area contributed by atoms with Crippen molar-refractivity contribution in [2.24, 2.45) is 0 Å². The fourth-order valence-electron chi connectivity index (χ4n) is 5.57. The van der Waals surface area contributed by atoms with Crippen LogP contribution in [0.2, 0.25) is 0 Å². The van der Waals surface area contributed by atoms with E-state index in [4.69, 9.17) is 9.47 Å². The first kappa shape index (κ1) is 27.6. The molecule has 0 amide bonds. The molecular formula is C33H34FN3O3. The zero-order chi connectivity index (χ0) is 28.5. The minimum atomic E-state index is -0.704. The van der Waals surface area contributed by atoms with Gasteiger partial charge in [0.1, 0.15) is 17.0 Å². The summed E-state index contributed by atoms with van der Waals surface area (Å²) in [5.41, 5.74) is 4.10. The summed E-state index contributed by atoms with van der Waals surface area (Å²) >= 11 is 0. The van der Waals surface area contributed by atoms with E-state index in [9.17, 15) is 14.4 Å². The topological polar surface area (TPSA) is 67.5 Å². The van der Waals surface area contributed by atoms with Crippen molar-refractivity contribution in [3.8, 4) is 6.07 Å². The van der Waals surface area contributed by atoms with E-state index in [1.54, 1.807) is 16.7 Å². The Hall–Kier alpha value is -3.99. The summed E-state index contributed by atoms with van der Waals surface area (Å²) in [5.74, 6) is -0.290. The average Bonchev–Trinajstić information content (AvgIpc) is 3.47. The molecule has 0 fully saturated rings. The second-order valence-corrected chi connectivity index (χ2v) is 11.5. The Labute approximate surface area is 234 Å². The Balaban J connectivity index is 1.34. The third-order valence-electron chi connectivity index (χ3n) is 7.35. The third-order valence-corrected chi connectivity index (χ3v) is 7.35. The molecule has 0 radical (unpaired) electrons. The first-order valence-corrected chi connectivity index (χ1v) is 13.5. The minimum Gasteiger partial charge on any atom is -0.443 e. The highest BCUT2D eigenvalue weighted by Gasteiger charge is 2.41. The maximum Gasteiger partial charge on any atom is 0.419 e. The van der Waals surface area contributed by atoms with Crippen LogP contribution < -0.4 is 0 Å². The lowest BCUT2D eigenvalue weighted by atomic mass is 9.81. The van der Waals surface area contributed by atoms with Gasteiger partial charge < -0.3 is 14.4 Å². The summed E-state index contributed by atoms with van der Waals surface area (Å²) in [7, 11) is 2.06. The number of hydrogen-bond donors (Lipinski definition) is 0. The molecule has 1 atom stereocenters. The van der Waals surface area contributed by atoms with Crippen molar-refractivity contribution in [3.05, 3.63) is 107 Å². The van der Waals surface area contributed by atoms with E-state index >= 15 is 0 Å². The van der Waals surface area contributed by atoms with Gasteiger partial charge in [0.05, 0.1) is 23.8 Å². The molecule has 4 aromatic rings. The van der Waals surface area contributed by atoms with E-state index in [1.807, 2.05) is 69.4 Å². The predicted molar refractivity (Wildman–Crippen MR) is 152 cm³/mol. The molecule has 1 unspecified atom stereocenters. The molecule has 0 aliphatic carbocycles. The third kappa shape index (κ3) is 5.51. The van der Waals surface area contributed by atoms with Crippen molar-refractivity contribution in [3.63, 3.8) is 0 Å². The molecule has 3 aromatic carbocycles. The molecule has 1 aromatic heterocycles. The lowest BCUT2D eigenvalue weighted by molar-refractivity contribution is -0.0143. The number of hydrogen-bond acceptors (Lipinski definition) is 5. The van der Waals surface area contributed by atoms with Crippen LogP contribution in [-0.4, -0.2) is 34.8 Å². The van der Waals surface area contributed by atoms with Crippen molar-refractivity contribution < 1.29 is 18.7 Å². The van der Waals surface area contributed by atoms with Gasteiger partial charge in [-0.1, -0.05) is 36.4 Å². The van der Waals surface area contributed by atoms with Gasteiger partial charge in [-0.25, -0.2) is 9.18 Å². The normalized spacial score (nSPS) is 16.7. The zero-order valence-electron chi connectivity index (χ0n) is 23.4. The number of nitriles is 1. The molecule has 206 valence electrons. The number of benzene rings is 3. The molecule has 5 rings (SSSR count). The second kappa shape index (κ2) is 10.9. The van der Waals surface area contributed by atoms with Gasteiger partial charge in [0.25, 0.3) is 0 Å². The van der Waals surface area contributed by atoms with Gasteiger partial charge in [0, 0.05) is 18.1 Å². The molecule has 0 spiro atoms. The maximum absolute atomic E-state index is 13.8. The average molecular weight is 540 g/mol. The van der Waals surface area contributed by atoms with Gasteiger partial charge in [-0.15, -0.1) is 0 Å². The van der Waals surface area contributed by atoms with Crippen LogP contribution in [0.5, 0.6) is 0 Å². The number of aromatic nitrogens is 1. The predicted octanol–water partition coefficient (Wildman–Crippen LogP) is 7.12. The summed E-state index contributed by atoms with van der Waals surface area (Å²) in [6.45, 7) is 7.42. The smallest absolute Gasteiger partial charge is 0.419 e. The number of carbonyl (C=O) groups is 1. The van der Waals surface area contributed by atoms with E-state index in [-0.39, 0.29) is 5.82 Å². The quantitative estimate of drug-likeness (QED) is 0.250. The van der Waals surface area contributed by atoms with E-state index in [1.165, 1.54) is 12.1 Å². The van der Waals surface area contributed by atoms with Crippen molar-refractivity contribution in [2.75, 3.05) is 13.6 Å². The number of fused-ring (bicyclic) bond motifs is 2. The van der Waals surface area contributed by atoms with Crippen LogP contribution in [0.25, 0.3) is 10.9 Å². The van der Waals surface area contributed by atoms with Crippen LogP contribution in [0.4, 0.5) is 9.18 Å². The molecule has 0 bridgehead atoms. The zero-order valence-corrected chi connectivity index (χ0v) is 23.4. The van der Waals surface area contributed by atoms with Gasteiger partial charge in [0.15, 0.2) is 0 Å². The standard InChI is InChI=1S/C33H34FN3O3/c1-32(2,3)40-31(38)37-21-25(28-8-5-6-9-30(28)37)20-36(4)17-7-16-33(26-11-13-27(34)14-12-26)29-15-10-23(19-35)18-24(29)22-39-33/h5-6,8-15,18,21H,7,16-17,20,22H2,1-4H3. The monoisotopic (exact) mass is 539 g/mol. The number of nitrogens with zero attached hydrogens (tertiary/aromatic N) is 3. The van der Waals surface area contributed by atoms with Crippen LogP contribution >= 0.6 is 0 Å². The van der Waals surface area contributed by atoms with E-state index in [0.29, 0.717) is 25.1 Å². The van der Waals surface area contributed by atoms with E-state index in [0.717, 1.165) is 46.1 Å². The molecule has 0 saturated heterocycles. The molecule has 1 aliphatic rings. The van der Waals surface area contributed by atoms with Crippen LogP contribution in [0.3, 0.4) is 0 Å². The minimum absolute atomic E-state index is 0.290. The first-order valence-electron chi connectivity index (χ1n) is 13.5. The summed E-state index contributed by atoms with van der Waals surface area (Å²) < 4.78 is 27.5. The van der Waals surface area contributed by atoms with Crippen LogP contribution in [0.1, 0.15) is 61.4 Å². The highest BCUT2D eigenvalue weighted by molar-refractivity contribution is 5.92. The summed E-state index contributed by atoms with van der Waals surface area (Å²) in [4.78, 5) is 15.1. The Morgan fingerprint density at radius 1 is 1.15 bits per heavy atom. The lowest BCUT2D eigenvalue weighted by Crippen LogP contribution is -2.29. The number of ether oxygens (including phenoxy) is 2. The number of rotatable bonds is 7. The Morgan fingerprint density at radius 2 is 1.90 bits per heavy atom.